The lowest BCUT2D eigenvalue weighted by Crippen LogP contribution is -2.63. The summed E-state index contributed by atoms with van der Waals surface area (Å²) in [6.07, 6.45) is 7.62. The monoisotopic (exact) mass is 715 g/mol. The van der Waals surface area contributed by atoms with Crippen LogP contribution in [0.25, 0.3) is 0 Å². The van der Waals surface area contributed by atoms with E-state index in [1.54, 1.807) is 13.8 Å². The van der Waals surface area contributed by atoms with Crippen LogP contribution in [-0.2, 0) is 23.9 Å². The summed E-state index contributed by atoms with van der Waals surface area (Å²) in [6.45, 7) is 17.1. The predicted octanol–water partition coefficient (Wildman–Crippen LogP) is 8.93. The zero-order chi connectivity index (χ0) is 37.5. The fraction of sp³-hybridized carbons (Fsp3) is 0.857. The number of esters is 1. The number of Topliss-reactive ketones (excluding diaryl/α,β-unsaturated/α-hetero) is 1. The van der Waals surface area contributed by atoms with Crippen molar-refractivity contribution in [1.29, 1.82) is 0 Å². The molecule has 5 saturated carbocycles. The topological polar surface area (TPSA) is 110 Å². The molecule has 0 aromatic rings. The maximum absolute atomic E-state index is 14.3. The second-order valence-electron chi connectivity index (χ2n) is 19.9. The van der Waals surface area contributed by atoms with Gasteiger partial charge < -0.3 is 15.2 Å². The Kier molecular flexibility index (Phi) is 9.73. The molecule has 4 unspecified atom stereocenters. The highest BCUT2D eigenvalue weighted by molar-refractivity contribution is 6.06. The van der Waals surface area contributed by atoms with E-state index in [1.807, 2.05) is 0 Å². The number of fused-ring (bicyclic) bond motifs is 7. The van der Waals surface area contributed by atoms with Gasteiger partial charge in [-0.25, -0.2) is 8.78 Å². The molecule has 6 aliphatic rings. The van der Waals surface area contributed by atoms with E-state index in [0.717, 1.165) is 56.1 Å². The van der Waals surface area contributed by atoms with Gasteiger partial charge in [0, 0.05) is 31.2 Å². The highest BCUT2D eigenvalue weighted by atomic mass is 19.3. The number of ether oxygens (including phenoxy) is 1. The molecule has 7 nitrogen and oxygen atoms in total. The number of nitrogens with one attached hydrogen (secondary N) is 1. The summed E-state index contributed by atoms with van der Waals surface area (Å²) in [5.74, 6) is -2.62. The van der Waals surface area contributed by atoms with Gasteiger partial charge in [0.05, 0.1) is 17.3 Å². The van der Waals surface area contributed by atoms with Crippen molar-refractivity contribution in [3.63, 3.8) is 0 Å². The Balaban J connectivity index is 1.22. The quantitative estimate of drug-likeness (QED) is 0.243. The van der Waals surface area contributed by atoms with Gasteiger partial charge in [-0.1, -0.05) is 41.5 Å². The van der Waals surface area contributed by atoms with E-state index >= 15 is 0 Å². The number of alkyl halides is 2. The van der Waals surface area contributed by atoms with E-state index in [2.05, 4.69) is 46.9 Å². The number of carboxylic acids is 1. The van der Waals surface area contributed by atoms with Gasteiger partial charge in [0.15, 0.2) is 5.78 Å². The molecule has 9 heteroatoms. The molecule has 6 aliphatic carbocycles. The van der Waals surface area contributed by atoms with Gasteiger partial charge in [0.2, 0.25) is 11.8 Å². The van der Waals surface area contributed by atoms with Crippen LogP contribution in [0.2, 0.25) is 0 Å². The standard InChI is InChI=1S/C42H63F2NO6/c1-24(2)33-28(46)21-41(35(48)45-23-25-11-19-42(43,44)20-12-25)18-13-27-26(34(33)41)9-10-30-39(27,7)16-14-29-38(5,6)31(15-17-40(29,30)8)51-32(47)22-37(3,4)36(49)50/h24-27,29-31H,9-23H2,1-8H3,(H,45,48)(H,49,50)/t26?,27?,29?,30?,31-,39-,40-,41+/m0/s1. The molecule has 0 radical (unpaired) electrons. The molecule has 0 aromatic carbocycles. The van der Waals surface area contributed by atoms with E-state index in [0.29, 0.717) is 43.6 Å². The van der Waals surface area contributed by atoms with E-state index < -0.39 is 28.7 Å². The van der Waals surface area contributed by atoms with Crippen LogP contribution < -0.4 is 5.32 Å². The summed E-state index contributed by atoms with van der Waals surface area (Å²) in [4.78, 5) is 52.9. The third-order valence-electron chi connectivity index (χ3n) is 15.8. The molecule has 0 bridgehead atoms. The molecule has 1 amide bonds. The molecule has 2 N–H and O–H groups in total. The van der Waals surface area contributed by atoms with Crippen LogP contribution in [0.3, 0.4) is 0 Å². The van der Waals surface area contributed by atoms with Crippen molar-refractivity contribution in [1.82, 2.24) is 5.32 Å². The van der Waals surface area contributed by atoms with Gasteiger partial charge in [0.25, 0.3) is 0 Å². The average Bonchev–Trinajstić information content (AvgIpc) is 3.35. The third kappa shape index (κ3) is 6.30. The van der Waals surface area contributed by atoms with Crippen LogP contribution in [0, 0.1) is 62.6 Å². The van der Waals surface area contributed by atoms with Crippen LogP contribution in [-0.4, -0.2) is 47.3 Å². The van der Waals surface area contributed by atoms with Crippen molar-refractivity contribution < 1.29 is 37.8 Å². The lowest BCUT2D eigenvalue weighted by Gasteiger charge is -2.68. The summed E-state index contributed by atoms with van der Waals surface area (Å²) in [5, 5.41) is 12.8. The first-order chi connectivity index (χ1) is 23.6. The summed E-state index contributed by atoms with van der Waals surface area (Å²) in [6, 6.07) is 0. The molecule has 0 spiro atoms. The zero-order valence-corrected chi connectivity index (χ0v) is 32.4. The number of carbonyl (C=O) groups is 4. The van der Waals surface area contributed by atoms with E-state index in [9.17, 15) is 33.1 Å². The largest absolute Gasteiger partial charge is 0.481 e. The van der Waals surface area contributed by atoms with Crippen molar-refractivity contribution in [2.45, 2.75) is 157 Å². The maximum atomic E-state index is 14.3. The van der Waals surface area contributed by atoms with E-state index in [4.69, 9.17) is 4.74 Å². The van der Waals surface area contributed by atoms with Crippen LogP contribution in [0.5, 0.6) is 0 Å². The molecule has 8 atom stereocenters. The van der Waals surface area contributed by atoms with Crippen LogP contribution in [0.15, 0.2) is 11.1 Å². The number of hydrogen-bond donors (Lipinski definition) is 2. The average molecular weight is 716 g/mol. The summed E-state index contributed by atoms with van der Waals surface area (Å²) in [7, 11) is 0. The van der Waals surface area contributed by atoms with E-state index in [-0.39, 0.29) is 77.5 Å². The van der Waals surface area contributed by atoms with Crippen LogP contribution in [0.1, 0.15) is 145 Å². The number of allylic oxidation sites excluding steroid dienone is 1. The fourth-order valence-corrected chi connectivity index (χ4v) is 13.1. The highest BCUT2D eigenvalue weighted by Crippen LogP contribution is 2.73. The minimum Gasteiger partial charge on any atom is -0.481 e. The number of carbonyl (C=O) groups excluding carboxylic acids is 3. The molecule has 6 rings (SSSR count). The minimum atomic E-state index is -2.61. The van der Waals surface area contributed by atoms with Gasteiger partial charge in [-0.15, -0.1) is 0 Å². The highest BCUT2D eigenvalue weighted by Gasteiger charge is 2.67. The van der Waals surface area contributed by atoms with E-state index in [1.165, 1.54) is 0 Å². The molecule has 0 aliphatic heterocycles. The smallest absolute Gasteiger partial charge is 0.309 e. The Morgan fingerprint density at radius 1 is 0.882 bits per heavy atom. The predicted molar refractivity (Wildman–Crippen MR) is 191 cm³/mol. The number of rotatable bonds is 8. The van der Waals surface area contributed by atoms with Gasteiger partial charge in [-0.3, -0.25) is 19.2 Å². The third-order valence-corrected chi connectivity index (χ3v) is 15.8. The second kappa shape index (κ2) is 12.9. The van der Waals surface area contributed by atoms with Gasteiger partial charge in [-0.2, -0.15) is 0 Å². The number of carboxylic acid groups (broad SMARTS) is 1. The van der Waals surface area contributed by atoms with Crippen LogP contribution in [0.4, 0.5) is 8.78 Å². The van der Waals surface area contributed by atoms with Crippen molar-refractivity contribution in [2.24, 2.45) is 62.6 Å². The van der Waals surface area contributed by atoms with Crippen LogP contribution >= 0.6 is 0 Å². The summed E-state index contributed by atoms with van der Waals surface area (Å²) in [5.41, 5.74) is -0.233. The second-order valence-corrected chi connectivity index (χ2v) is 19.9. The number of amides is 1. The molecule has 0 saturated heterocycles. The van der Waals surface area contributed by atoms with Crippen molar-refractivity contribution in [2.75, 3.05) is 6.54 Å². The first-order valence-electron chi connectivity index (χ1n) is 20.0. The molecule has 51 heavy (non-hydrogen) atoms. The lowest BCUT2D eigenvalue weighted by atomic mass is 9.36. The number of ketones is 1. The molecular weight excluding hydrogens is 652 g/mol. The minimum absolute atomic E-state index is 0.0279. The van der Waals surface area contributed by atoms with Gasteiger partial charge in [0.1, 0.15) is 6.10 Å². The van der Waals surface area contributed by atoms with Crippen molar-refractivity contribution in [3.05, 3.63) is 11.1 Å². The Morgan fingerprint density at radius 2 is 1.53 bits per heavy atom. The fourth-order valence-electron chi connectivity index (χ4n) is 13.1. The molecule has 0 heterocycles. The zero-order valence-electron chi connectivity index (χ0n) is 32.4. The Bertz CT molecular complexity index is 1470. The Hall–Kier alpha value is -2.32. The van der Waals surface area contributed by atoms with Gasteiger partial charge >= 0.3 is 11.9 Å². The van der Waals surface area contributed by atoms with Gasteiger partial charge in [-0.05, 0) is 136 Å². The molecule has 0 aromatic heterocycles. The molecular formula is C42H63F2NO6. The Morgan fingerprint density at radius 3 is 2.16 bits per heavy atom. The Labute approximate surface area is 303 Å². The maximum Gasteiger partial charge on any atom is 0.309 e. The number of halogens is 2. The normalized spacial score (nSPS) is 39.0. The molecule has 5 fully saturated rings. The van der Waals surface area contributed by atoms with Crippen molar-refractivity contribution >= 4 is 23.6 Å². The first-order valence-corrected chi connectivity index (χ1v) is 20.0. The van der Waals surface area contributed by atoms with Crippen molar-refractivity contribution in [3.8, 4) is 0 Å². The first kappa shape index (κ1) is 38.4. The summed E-state index contributed by atoms with van der Waals surface area (Å²) < 4.78 is 33.8. The number of aliphatic carboxylic acids is 1. The summed E-state index contributed by atoms with van der Waals surface area (Å²) >= 11 is 0. The number of hydrogen-bond acceptors (Lipinski definition) is 5. The SMILES string of the molecule is CC(C)C1=C2C3CCC4[C@@](C)(CCC5C(C)(C)[C@@H](OC(=O)CC(C)(C)C(=O)O)CC[C@@]54C)C3CC[C@@]2(C(=O)NCC2CCC(F)(F)CC2)CC1=O. The molecule has 286 valence electrons. The lowest BCUT2D eigenvalue weighted by molar-refractivity contribution is -0.213.